The normalized spacial score (nSPS) is 13.2. The van der Waals surface area contributed by atoms with Crippen LogP contribution in [0.15, 0.2) is 72.8 Å². The smallest absolute Gasteiger partial charge is 0.405 e. The summed E-state index contributed by atoms with van der Waals surface area (Å²) in [5, 5.41) is 15.7. The van der Waals surface area contributed by atoms with Gasteiger partial charge in [-0.1, -0.05) is 55.8 Å². The van der Waals surface area contributed by atoms with Crippen LogP contribution in [0.1, 0.15) is 53.4 Å². The van der Waals surface area contributed by atoms with E-state index in [4.69, 9.17) is 16.3 Å². The van der Waals surface area contributed by atoms with Gasteiger partial charge in [-0.15, -0.1) is 0 Å². The van der Waals surface area contributed by atoms with Crippen LogP contribution in [0.2, 0.25) is 5.02 Å². The highest BCUT2D eigenvalue weighted by atomic mass is 35.5. The predicted octanol–water partition coefficient (Wildman–Crippen LogP) is 5.53. The third kappa shape index (κ3) is 11.3. The lowest BCUT2D eigenvalue weighted by Crippen LogP contribution is -2.52. The second kappa shape index (κ2) is 17.7. The summed E-state index contributed by atoms with van der Waals surface area (Å²) in [4.78, 5) is 66.2. The zero-order valence-electron chi connectivity index (χ0n) is 28.0. The maximum atomic E-state index is 14.9. The number of benzene rings is 3. The first-order valence-electron chi connectivity index (χ1n) is 15.7. The number of hydrogen-bond donors (Lipinski definition) is 3. The van der Waals surface area contributed by atoms with Gasteiger partial charge in [0.05, 0.1) is 18.7 Å². The van der Waals surface area contributed by atoms with Crippen LogP contribution >= 0.6 is 11.6 Å². The molecular formula is C36H34ClF5N4O6. The molecule has 0 fully saturated rings. The zero-order chi connectivity index (χ0) is 38.8. The molecule has 10 nitrogen and oxygen atoms in total. The first-order valence-corrected chi connectivity index (χ1v) is 16.0. The molecule has 3 aromatic rings. The molecule has 0 aliphatic carbocycles. The van der Waals surface area contributed by atoms with Crippen molar-refractivity contribution < 1.29 is 50.7 Å². The Bertz CT molecular complexity index is 1830. The highest BCUT2D eigenvalue weighted by molar-refractivity contribution is 6.30. The Kier molecular flexibility index (Phi) is 14.0. The number of rotatable bonds is 16. The molecule has 0 aliphatic heterocycles. The summed E-state index contributed by atoms with van der Waals surface area (Å²) in [5.41, 5.74) is 0.844. The van der Waals surface area contributed by atoms with Gasteiger partial charge in [-0.25, -0.2) is 0 Å². The minimum atomic E-state index is -5.03. The lowest BCUT2D eigenvalue weighted by molar-refractivity contribution is -0.167. The third-order valence-corrected chi connectivity index (χ3v) is 8.10. The van der Waals surface area contributed by atoms with Crippen molar-refractivity contribution in [2.24, 2.45) is 11.8 Å². The maximum Gasteiger partial charge on any atom is 0.405 e. The van der Waals surface area contributed by atoms with E-state index < -0.39 is 78.3 Å². The molecule has 0 aliphatic rings. The first kappa shape index (κ1) is 41.1. The van der Waals surface area contributed by atoms with E-state index in [0.717, 1.165) is 5.32 Å². The van der Waals surface area contributed by atoms with Crippen molar-refractivity contribution in [1.82, 2.24) is 16.0 Å². The number of hydrogen-bond acceptors (Lipinski definition) is 7. The standard InChI is InChI=1S/C36H34ClF5N4O6/c1-20(2)27(31(48)36(41,42)34(51)44-19-35(38,39)40)17-29(47)30(23-10-12-26(52-3)13-11-23)46-33(50)28(16-21-6-5-9-25(37)15-21)45-32(49)24-8-4-7-22(14-24)18-43/h4-15,20,27-28,30H,16-17,19H2,1-3H3,(H,44,51)(H,45,49)(H,46,50)/t27-,28-,30-/m0/s1. The molecule has 0 heterocycles. The van der Waals surface area contributed by atoms with E-state index in [1.807, 2.05) is 6.07 Å². The number of carbonyl (C=O) groups excluding carboxylic acids is 5. The van der Waals surface area contributed by atoms with Crippen molar-refractivity contribution >= 4 is 40.9 Å². The quantitative estimate of drug-likeness (QED) is 0.129. The summed E-state index contributed by atoms with van der Waals surface area (Å²) in [6.45, 7) is 0.499. The van der Waals surface area contributed by atoms with Crippen LogP contribution in [0.4, 0.5) is 22.0 Å². The van der Waals surface area contributed by atoms with Crippen molar-refractivity contribution in [3.05, 3.63) is 100 Å². The Morgan fingerprint density at radius 2 is 1.56 bits per heavy atom. The number of nitriles is 1. The summed E-state index contributed by atoms with van der Waals surface area (Å²) in [5.74, 6) is -14.6. The van der Waals surface area contributed by atoms with Crippen molar-refractivity contribution in [2.45, 2.75) is 50.9 Å². The van der Waals surface area contributed by atoms with Gasteiger partial charge >= 0.3 is 12.1 Å². The monoisotopic (exact) mass is 748 g/mol. The summed E-state index contributed by atoms with van der Waals surface area (Å²) in [7, 11) is 1.37. The van der Waals surface area contributed by atoms with E-state index in [1.165, 1.54) is 69.5 Å². The van der Waals surface area contributed by atoms with Gasteiger partial charge in [-0.3, -0.25) is 24.0 Å². The fourth-order valence-corrected chi connectivity index (χ4v) is 5.28. The van der Waals surface area contributed by atoms with Crippen LogP contribution in [0.25, 0.3) is 0 Å². The molecule has 0 saturated carbocycles. The Hall–Kier alpha value is -5.36. The molecule has 3 atom stereocenters. The van der Waals surface area contributed by atoms with Gasteiger partial charge in [0.2, 0.25) is 11.7 Å². The third-order valence-electron chi connectivity index (χ3n) is 7.87. The average Bonchev–Trinajstić information content (AvgIpc) is 3.10. The number of methoxy groups -OCH3 is 1. The molecule has 0 saturated heterocycles. The molecule has 0 aromatic heterocycles. The molecule has 0 spiro atoms. The molecule has 3 aromatic carbocycles. The summed E-state index contributed by atoms with van der Waals surface area (Å²) in [6, 6.07) is 16.6. The highest BCUT2D eigenvalue weighted by Crippen LogP contribution is 2.30. The van der Waals surface area contributed by atoms with Gasteiger partial charge in [-0.05, 0) is 59.5 Å². The number of halogens is 6. The molecule has 0 unspecified atom stereocenters. The van der Waals surface area contributed by atoms with E-state index in [9.17, 15) is 51.2 Å². The second-order valence-corrected chi connectivity index (χ2v) is 12.5. The number of carbonyl (C=O) groups is 5. The summed E-state index contributed by atoms with van der Waals surface area (Å²) >= 11 is 6.13. The molecule has 0 radical (unpaired) electrons. The van der Waals surface area contributed by atoms with E-state index in [2.05, 4.69) is 10.6 Å². The molecular weight excluding hydrogens is 715 g/mol. The highest BCUT2D eigenvalue weighted by Gasteiger charge is 2.52. The van der Waals surface area contributed by atoms with Crippen LogP contribution < -0.4 is 20.7 Å². The van der Waals surface area contributed by atoms with Gasteiger partial charge in [0.25, 0.3) is 11.8 Å². The molecule has 3 N–H and O–H groups in total. The van der Waals surface area contributed by atoms with Crippen molar-refractivity contribution in [1.29, 1.82) is 5.26 Å². The fourth-order valence-electron chi connectivity index (χ4n) is 5.07. The number of nitrogens with one attached hydrogen (secondary N) is 3. The molecule has 276 valence electrons. The van der Waals surface area contributed by atoms with E-state index in [-0.39, 0.29) is 23.1 Å². The van der Waals surface area contributed by atoms with Gasteiger partial charge in [0.1, 0.15) is 24.4 Å². The van der Waals surface area contributed by atoms with Crippen molar-refractivity contribution in [2.75, 3.05) is 13.7 Å². The van der Waals surface area contributed by atoms with Gasteiger partial charge in [-0.2, -0.15) is 27.2 Å². The molecule has 3 amide bonds. The Morgan fingerprint density at radius 1 is 0.904 bits per heavy atom. The Labute approximate surface area is 300 Å². The number of nitrogens with zero attached hydrogens (tertiary/aromatic N) is 1. The number of ketones is 2. The molecule has 16 heteroatoms. The largest absolute Gasteiger partial charge is 0.497 e. The maximum absolute atomic E-state index is 14.9. The average molecular weight is 749 g/mol. The summed E-state index contributed by atoms with van der Waals surface area (Å²) in [6.07, 6.45) is -6.13. The van der Waals surface area contributed by atoms with Crippen LogP contribution in [0.3, 0.4) is 0 Å². The van der Waals surface area contributed by atoms with Crippen LogP contribution in [0.5, 0.6) is 5.75 Å². The Balaban J connectivity index is 1.98. The van der Waals surface area contributed by atoms with Crippen LogP contribution in [-0.2, 0) is 25.6 Å². The number of amides is 3. The van der Waals surface area contributed by atoms with Crippen molar-refractivity contribution in [3.63, 3.8) is 0 Å². The topological polar surface area (TPSA) is 154 Å². The van der Waals surface area contributed by atoms with Crippen LogP contribution in [-0.4, -0.2) is 61.1 Å². The van der Waals surface area contributed by atoms with E-state index >= 15 is 0 Å². The second-order valence-electron chi connectivity index (χ2n) is 12.0. The lowest BCUT2D eigenvalue weighted by Gasteiger charge is -2.27. The van der Waals surface area contributed by atoms with Crippen LogP contribution in [0, 0.1) is 23.2 Å². The predicted molar refractivity (Wildman–Crippen MR) is 178 cm³/mol. The minimum Gasteiger partial charge on any atom is -0.497 e. The van der Waals surface area contributed by atoms with E-state index in [0.29, 0.717) is 16.3 Å². The number of ether oxygens (including phenoxy) is 1. The lowest BCUT2D eigenvalue weighted by atomic mass is 9.82. The first-order chi connectivity index (χ1) is 24.4. The Morgan fingerprint density at radius 3 is 2.13 bits per heavy atom. The minimum absolute atomic E-state index is 0.0456. The van der Waals surface area contributed by atoms with E-state index in [1.54, 1.807) is 24.3 Å². The van der Waals surface area contributed by atoms with Gasteiger partial charge in [0.15, 0.2) is 5.78 Å². The molecule has 0 bridgehead atoms. The SMILES string of the molecule is COc1ccc([C@H](NC(=O)[C@H](Cc2cccc(Cl)c2)NC(=O)c2cccc(C#N)c2)C(=O)C[C@H](C(=O)C(F)(F)C(=O)NCC(F)(F)F)C(C)C)cc1. The number of alkyl halides is 5. The fraction of sp³-hybridized carbons (Fsp3) is 0.333. The van der Waals surface area contributed by atoms with Gasteiger partial charge < -0.3 is 20.7 Å². The summed E-state index contributed by atoms with van der Waals surface area (Å²) < 4.78 is 72.7. The van der Waals surface area contributed by atoms with Crippen molar-refractivity contribution in [3.8, 4) is 11.8 Å². The number of Topliss-reactive ketones (excluding diaryl/α,β-unsaturated/α-hetero) is 2. The van der Waals surface area contributed by atoms with Gasteiger partial charge in [0, 0.05) is 29.3 Å². The molecule has 52 heavy (non-hydrogen) atoms. The zero-order valence-corrected chi connectivity index (χ0v) is 28.8. The molecule has 3 rings (SSSR count).